The summed E-state index contributed by atoms with van der Waals surface area (Å²) in [5.74, 6) is -0.920. The average Bonchev–Trinajstić information content (AvgIpc) is 3.70. The van der Waals surface area contributed by atoms with Gasteiger partial charge in [-0.3, -0.25) is 0 Å². The Labute approximate surface area is 280 Å². The van der Waals surface area contributed by atoms with E-state index in [9.17, 15) is 20.1 Å². The second-order valence-corrected chi connectivity index (χ2v) is 14.8. The largest absolute Gasteiger partial charge is 0.455 e. The van der Waals surface area contributed by atoms with Gasteiger partial charge in [-0.2, -0.15) is 0 Å². The van der Waals surface area contributed by atoms with Gasteiger partial charge in [0.2, 0.25) is 0 Å². The van der Waals surface area contributed by atoms with E-state index >= 15 is 0 Å². The third-order valence-electron chi connectivity index (χ3n) is 10.0. The number of unbranched alkanes of at least 4 members (excludes halogenated alkanes) is 11. The second-order valence-electron chi connectivity index (χ2n) is 14.8. The number of aliphatic hydroxyl groups excluding tert-OH is 3. The molecule has 8 atom stereocenters. The molecule has 0 radical (unpaired) electrons. The van der Waals surface area contributed by atoms with Crippen molar-refractivity contribution in [3.63, 3.8) is 0 Å². The summed E-state index contributed by atoms with van der Waals surface area (Å²) in [6, 6.07) is 0. The van der Waals surface area contributed by atoms with Crippen molar-refractivity contribution in [3.8, 4) is 0 Å². The van der Waals surface area contributed by atoms with E-state index in [1.807, 2.05) is 20.8 Å². The maximum Gasteiger partial charge on any atom is 0.334 e. The third kappa shape index (κ3) is 14.6. The van der Waals surface area contributed by atoms with Crippen molar-refractivity contribution in [2.75, 3.05) is 0 Å². The van der Waals surface area contributed by atoms with E-state index in [0.717, 1.165) is 64.2 Å². The van der Waals surface area contributed by atoms with Crippen LogP contribution in [-0.2, 0) is 23.7 Å². The van der Waals surface area contributed by atoms with Gasteiger partial charge in [0.25, 0.3) is 0 Å². The fraction of sp³-hybridized carbons (Fsp3) is 0.921. The predicted molar refractivity (Wildman–Crippen MR) is 181 cm³/mol. The van der Waals surface area contributed by atoms with Gasteiger partial charge >= 0.3 is 5.97 Å². The Morgan fingerprint density at radius 3 is 1.80 bits per heavy atom. The van der Waals surface area contributed by atoms with Crippen molar-refractivity contribution in [2.45, 2.75) is 224 Å². The first-order valence-electron chi connectivity index (χ1n) is 19.0. The van der Waals surface area contributed by atoms with Gasteiger partial charge in [-0.05, 0) is 78.2 Å². The van der Waals surface area contributed by atoms with E-state index in [-0.39, 0.29) is 36.5 Å². The molecule has 0 aromatic heterocycles. The second kappa shape index (κ2) is 21.1. The number of ether oxygens (including phenoxy) is 4. The zero-order valence-corrected chi connectivity index (χ0v) is 29.6. The van der Waals surface area contributed by atoms with Gasteiger partial charge in [-0.15, -0.1) is 0 Å². The van der Waals surface area contributed by atoms with Crippen LogP contribution in [0.1, 0.15) is 169 Å². The summed E-state index contributed by atoms with van der Waals surface area (Å²) >= 11 is 0. The first kappa shape index (κ1) is 39.4. The number of esters is 1. The van der Waals surface area contributed by atoms with Crippen molar-refractivity contribution < 1.29 is 39.1 Å². The van der Waals surface area contributed by atoms with Crippen molar-refractivity contribution in [2.24, 2.45) is 0 Å². The SMILES string of the molecule is CCCCCCCCCCCC[C@H](O)[C@@H]1CC[C@@H]([C@@H](O)CCC[C@@H]2OC(C)(C)O[C@@H]2CCCCCC(O)CC2=CC(C)OC2=O)O1. The fourth-order valence-corrected chi connectivity index (χ4v) is 7.43. The molecule has 0 saturated carbocycles. The minimum Gasteiger partial charge on any atom is -0.455 e. The number of carbonyl (C=O) groups excluding carboxylic acids is 1. The highest BCUT2D eigenvalue weighted by atomic mass is 16.7. The van der Waals surface area contributed by atoms with Gasteiger partial charge in [0.1, 0.15) is 6.10 Å². The number of carbonyl (C=O) groups is 1. The summed E-state index contributed by atoms with van der Waals surface area (Å²) in [5, 5.41) is 32.0. The predicted octanol–water partition coefficient (Wildman–Crippen LogP) is 7.83. The van der Waals surface area contributed by atoms with Gasteiger partial charge < -0.3 is 34.3 Å². The zero-order valence-electron chi connectivity index (χ0n) is 29.6. The Hall–Kier alpha value is -1.03. The van der Waals surface area contributed by atoms with E-state index in [1.165, 1.54) is 57.8 Å². The number of aliphatic hydroxyl groups is 3. The van der Waals surface area contributed by atoms with E-state index in [1.54, 1.807) is 6.08 Å². The normalized spacial score (nSPS) is 27.9. The van der Waals surface area contributed by atoms with Crippen LogP contribution in [0.2, 0.25) is 0 Å². The lowest BCUT2D eigenvalue weighted by Crippen LogP contribution is -2.31. The number of rotatable bonds is 25. The molecule has 3 heterocycles. The fourth-order valence-electron chi connectivity index (χ4n) is 7.43. The monoisotopic (exact) mass is 652 g/mol. The van der Waals surface area contributed by atoms with E-state index in [4.69, 9.17) is 18.9 Å². The molecular weight excluding hydrogens is 584 g/mol. The maximum absolute atomic E-state index is 11.8. The molecule has 0 amide bonds. The summed E-state index contributed by atoms with van der Waals surface area (Å²) in [5.41, 5.74) is 0.586. The van der Waals surface area contributed by atoms with Gasteiger partial charge in [-0.1, -0.05) is 90.4 Å². The molecule has 0 aliphatic carbocycles. The van der Waals surface area contributed by atoms with Crippen LogP contribution < -0.4 is 0 Å². The van der Waals surface area contributed by atoms with E-state index in [0.29, 0.717) is 24.8 Å². The van der Waals surface area contributed by atoms with Crippen molar-refractivity contribution in [1.29, 1.82) is 0 Å². The zero-order chi connectivity index (χ0) is 33.4. The molecule has 8 heteroatoms. The maximum atomic E-state index is 11.8. The number of hydrogen-bond acceptors (Lipinski definition) is 8. The molecular formula is C38H68O8. The highest BCUT2D eigenvalue weighted by Crippen LogP contribution is 2.35. The molecule has 3 rings (SSSR count). The molecule has 3 aliphatic rings. The molecule has 0 spiro atoms. The summed E-state index contributed by atoms with van der Waals surface area (Å²) in [4.78, 5) is 11.8. The van der Waals surface area contributed by atoms with E-state index in [2.05, 4.69) is 6.92 Å². The number of cyclic esters (lactones) is 1. The van der Waals surface area contributed by atoms with Gasteiger partial charge in [-0.25, -0.2) is 4.79 Å². The van der Waals surface area contributed by atoms with Crippen molar-refractivity contribution in [1.82, 2.24) is 0 Å². The van der Waals surface area contributed by atoms with Gasteiger partial charge in [0.15, 0.2) is 5.79 Å². The highest BCUT2D eigenvalue weighted by Gasteiger charge is 2.41. The van der Waals surface area contributed by atoms with Crippen molar-refractivity contribution in [3.05, 3.63) is 11.6 Å². The first-order valence-corrected chi connectivity index (χ1v) is 19.0. The van der Waals surface area contributed by atoms with Crippen LogP contribution in [0.25, 0.3) is 0 Å². The first-order chi connectivity index (χ1) is 22.1. The Morgan fingerprint density at radius 1 is 0.739 bits per heavy atom. The minimum absolute atomic E-state index is 0.00442. The van der Waals surface area contributed by atoms with Gasteiger partial charge in [0, 0.05) is 12.0 Å². The van der Waals surface area contributed by atoms with Crippen LogP contribution in [0.4, 0.5) is 0 Å². The highest BCUT2D eigenvalue weighted by molar-refractivity contribution is 5.90. The topological polar surface area (TPSA) is 115 Å². The van der Waals surface area contributed by atoms with Gasteiger partial charge in [0.05, 0.1) is 42.7 Å². The third-order valence-corrected chi connectivity index (χ3v) is 10.0. The molecule has 3 N–H and O–H groups in total. The smallest absolute Gasteiger partial charge is 0.334 e. The molecule has 0 bridgehead atoms. The molecule has 2 saturated heterocycles. The van der Waals surface area contributed by atoms with E-state index < -0.39 is 24.1 Å². The van der Waals surface area contributed by atoms with Crippen LogP contribution in [0.3, 0.4) is 0 Å². The lowest BCUT2D eigenvalue weighted by molar-refractivity contribution is -0.147. The summed E-state index contributed by atoms with van der Waals surface area (Å²) in [7, 11) is 0. The molecule has 268 valence electrons. The van der Waals surface area contributed by atoms with Crippen LogP contribution in [0.15, 0.2) is 11.6 Å². The van der Waals surface area contributed by atoms with Crippen LogP contribution >= 0.6 is 0 Å². The number of hydrogen-bond donors (Lipinski definition) is 3. The summed E-state index contributed by atoms with van der Waals surface area (Å²) in [6.07, 6.45) is 22.1. The molecule has 8 nitrogen and oxygen atoms in total. The Kier molecular flexibility index (Phi) is 18.1. The Morgan fingerprint density at radius 2 is 1.24 bits per heavy atom. The Balaban J connectivity index is 1.24. The lowest BCUT2D eigenvalue weighted by atomic mass is 9.97. The summed E-state index contributed by atoms with van der Waals surface area (Å²) < 4.78 is 23.7. The van der Waals surface area contributed by atoms with Crippen molar-refractivity contribution >= 4 is 5.97 Å². The quantitative estimate of drug-likeness (QED) is 0.0675. The Bertz CT molecular complexity index is 875. The molecule has 2 unspecified atom stereocenters. The average molecular weight is 653 g/mol. The standard InChI is InChI=1S/C38H68O8/c1-5-6-7-8-9-10-11-12-13-16-20-31(40)33-24-25-34(44-33)32(41)21-18-23-36-35(45-38(3,4)46-36)22-17-14-15-19-30(39)27-29-26-28(2)43-37(29)42/h26,28,30-36,39-41H,5-25,27H2,1-4H3/t28?,30?,31-,32-,33-,34-,35+,36-/m0/s1. The van der Waals surface area contributed by atoms with Crippen LogP contribution in [0.5, 0.6) is 0 Å². The molecule has 3 aliphatic heterocycles. The molecule has 0 aromatic rings. The molecule has 2 fully saturated rings. The van der Waals surface area contributed by atoms with Crippen LogP contribution in [-0.4, -0.2) is 75.9 Å². The van der Waals surface area contributed by atoms with Crippen LogP contribution in [0, 0.1) is 0 Å². The molecule has 46 heavy (non-hydrogen) atoms. The minimum atomic E-state index is -0.614. The lowest BCUT2D eigenvalue weighted by Gasteiger charge is -2.23. The molecule has 0 aromatic carbocycles. The summed E-state index contributed by atoms with van der Waals surface area (Å²) in [6.45, 7) is 8.01.